The largest absolute Gasteiger partial charge is 0.383 e. The number of halogens is 1. The molecule has 0 amide bonds. The van der Waals surface area contributed by atoms with Gasteiger partial charge in [0.05, 0.1) is 19.3 Å². The lowest BCUT2D eigenvalue weighted by Crippen LogP contribution is -2.04. The van der Waals surface area contributed by atoms with E-state index in [0.29, 0.717) is 13.2 Å². The van der Waals surface area contributed by atoms with Crippen molar-refractivity contribution < 1.29 is 4.74 Å². The molecule has 0 radical (unpaired) electrons. The molecule has 104 valence electrons. The highest BCUT2D eigenvalue weighted by atomic mass is 35.5. The van der Waals surface area contributed by atoms with Crippen molar-refractivity contribution >= 4 is 12.4 Å². The topological polar surface area (TPSA) is 53.1 Å². The fraction of sp³-hybridized carbons (Fsp3) is 0.357. The summed E-state index contributed by atoms with van der Waals surface area (Å²) < 4.78 is 6.93. The number of methoxy groups -OCH3 is 1. The van der Waals surface area contributed by atoms with E-state index in [1.165, 1.54) is 5.56 Å². The van der Waals surface area contributed by atoms with E-state index >= 15 is 0 Å². The van der Waals surface area contributed by atoms with Crippen LogP contribution in [0.25, 0.3) is 11.1 Å². The van der Waals surface area contributed by atoms with Gasteiger partial charge in [-0.3, -0.25) is 4.68 Å². The fourth-order valence-corrected chi connectivity index (χ4v) is 1.98. The molecule has 2 N–H and O–H groups in total. The van der Waals surface area contributed by atoms with Crippen molar-refractivity contribution in [2.24, 2.45) is 5.73 Å². The second-order valence-electron chi connectivity index (χ2n) is 4.35. The molecule has 1 aromatic carbocycles. The molecule has 0 unspecified atom stereocenters. The third-order valence-electron chi connectivity index (χ3n) is 2.95. The Morgan fingerprint density at radius 1 is 1.37 bits per heavy atom. The Kier molecular flexibility index (Phi) is 6.02. The normalized spacial score (nSPS) is 10.3. The first-order valence-corrected chi connectivity index (χ1v) is 6.06. The lowest BCUT2D eigenvalue weighted by Gasteiger charge is -2.06. The van der Waals surface area contributed by atoms with Gasteiger partial charge in [0.25, 0.3) is 0 Å². The van der Waals surface area contributed by atoms with Gasteiger partial charge in [-0.2, -0.15) is 5.10 Å². The molecule has 0 aliphatic rings. The van der Waals surface area contributed by atoms with Crippen LogP contribution in [-0.2, 0) is 17.8 Å². The third-order valence-corrected chi connectivity index (χ3v) is 2.95. The number of hydrogen-bond acceptors (Lipinski definition) is 3. The van der Waals surface area contributed by atoms with E-state index in [1.807, 2.05) is 17.1 Å². The highest BCUT2D eigenvalue weighted by molar-refractivity contribution is 5.85. The number of benzene rings is 1. The Morgan fingerprint density at radius 2 is 2.16 bits per heavy atom. The van der Waals surface area contributed by atoms with Gasteiger partial charge < -0.3 is 10.5 Å². The molecule has 0 bridgehead atoms. The zero-order chi connectivity index (χ0) is 13.0. The van der Waals surface area contributed by atoms with Gasteiger partial charge in [-0.15, -0.1) is 12.4 Å². The van der Waals surface area contributed by atoms with Crippen molar-refractivity contribution in [3.63, 3.8) is 0 Å². The first-order valence-electron chi connectivity index (χ1n) is 6.06. The van der Waals surface area contributed by atoms with Crippen LogP contribution in [0.3, 0.4) is 0 Å². The third kappa shape index (κ3) is 3.80. The molecule has 1 heterocycles. The fourth-order valence-electron chi connectivity index (χ4n) is 1.98. The molecule has 5 heteroatoms. The molecule has 0 fully saturated rings. The molecule has 0 atom stereocenters. The van der Waals surface area contributed by atoms with Gasteiger partial charge in [0.2, 0.25) is 0 Å². The van der Waals surface area contributed by atoms with Gasteiger partial charge in [-0.1, -0.05) is 23.8 Å². The van der Waals surface area contributed by atoms with Crippen LogP contribution < -0.4 is 5.73 Å². The number of aromatic nitrogens is 2. The van der Waals surface area contributed by atoms with Gasteiger partial charge in [0.15, 0.2) is 0 Å². The monoisotopic (exact) mass is 281 g/mol. The molecule has 0 aliphatic heterocycles. The van der Waals surface area contributed by atoms with Gasteiger partial charge in [0.1, 0.15) is 0 Å². The second kappa shape index (κ2) is 7.28. The van der Waals surface area contributed by atoms with Gasteiger partial charge in [-0.25, -0.2) is 0 Å². The highest BCUT2D eigenvalue weighted by Crippen LogP contribution is 2.24. The van der Waals surface area contributed by atoms with Crippen molar-refractivity contribution in [3.05, 3.63) is 41.7 Å². The maximum atomic E-state index is 5.80. The Balaban J connectivity index is 0.00000180. The van der Waals surface area contributed by atoms with Crippen LogP contribution in [0.5, 0.6) is 0 Å². The first-order chi connectivity index (χ1) is 8.74. The molecule has 0 aliphatic carbocycles. The number of aryl methyl sites for hydroxylation is 1. The minimum absolute atomic E-state index is 0. The van der Waals surface area contributed by atoms with Crippen LogP contribution in [0.2, 0.25) is 0 Å². The maximum Gasteiger partial charge on any atom is 0.0658 e. The van der Waals surface area contributed by atoms with Crippen molar-refractivity contribution in [1.82, 2.24) is 9.78 Å². The number of hydrogen-bond donors (Lipinski definition) is 1. The molecule has 2 rings (SSSR count). The summed E-state index contributed by atoms with van der Waals surface area (Å²) in [6.45, 7) is 4.05. The van der Waals surface area contributed by atoms with Crippen molar-refractivity contribution in [3.8, 4) is 11.1 Å². The van der Waals surface area contributed by atoms with E-state index in [2.05, 4.69) is 30.2 Å². The highest BCUT2D eigenvalue weighted by Gasteiger charge is 2.06. The van der Waals surface area contributed by atoms with Crippen LogP contribution in [-0.4, -0.2) is 23.5 Å². The average molecular weight is 282 g/mol. The first kappa shape index (κ1) is 15.7. The Labute approximate surface area is 120 Å². The van der Waals surface area contributed by atoms with Gasteiger partial charge in [0, 0.05) is 25.4 Å². The Hall–Kier alpha value is -1.36. The molecule has 19 heavy (non-hydrogen) atoms. The number of nitrogens with two attached hydrogens (primary N) is 1. The minimum Gasteiger partial charge on any atom is -0.383 e. The summed E-state index contributed by atoms with van der Waals surface area (Å²) in [5.41, 5.74) is 10.4. The lowest BCUT2D eigenvalue weighted by molar-refractivity contribution is 0.183. The zero-order valence-electron chi connectivity index (χ0n) is 11.3. The second-order valence-corrected chi connectivity index (χ2v) is 4.35. The average Bonchev–Trinajstić information content (AvgIpc) is 2.84. The molecule has 4 nitrogen and oxygen atoms in total. The SMILES string of the molecule is COCCn1cc(-c2ccc(C)cc2CN)cn1.Cl. The standard InChI is InChI=1S/C14H19N3O.ClH/c1-11-3-4-14(12(7-11)8-15)13-9-16-17(10-13)5-6-18-2;/h3-4,7,9-10H,5-6,8,15H2,1-2H3;1H. The summed E-state index contributed by atoms with van der Waals surface area (Å²) >= 11 is 0. The lowest BCUT2D eigenvalue weighted by atomic mass is 10.0. The Bertz CT molecular complexity index is 525. The van der Waals surface area contributed by atoms with Crippen LogP contribution in [0.1, 0.15) is 11.1 Å². The zero-order valence-corrected chi connectivity index (χ0v) is 12.1. The van der Waals surface area contributed by atoms with E-state index in [-0.39, 0.29) is 12.4 Å². The molecule has 1 aromatic heterocycles. The molecular formula is C14H20ClN3O. The van der Waals surface area contributed by atoms with E-state index < -0.39 is 0 Å². The molecule has 0 spiro atoms. The van der Waals surface area contributed by atoms with Crippen LogP contribution in [0, 0.1) is 6.92 Å². The summed E-state index contributed by atoms with van der Waals surface area (Å²) in [7, 11) is 1.69. The van der Waals surface area contributed by atoms with Crippen LogP contribution >= 0.6 is 12.4 Å². The number of rotatable bonds is 5. The Morgan fingerprint density at radius 3 is 2.84 bits per heavy atom. The van der Waals surface area contributed by atoms with E-state index in [1.54, 1.807) is 7.11 Å². The summed E-state index contributed by atoms with van der Waals surface area (Å²) in [5.74, 6) is 0. The number of nitrogens with zero attached hydrogens (tertiary/aromatic N) is 2. The van der Waals surface area contributed by atoms with E-state index in [0.717, 1.165) is 23.2 Å². The number of ether oxygens (including phenoxy) is 1. The van der Waals surface area contributed by atoms with Crippen LogP contribution in [0.15, 0.2) is 30.6 Å². The van der Waals surface area contributed by atoms with Crippen molar-refractivity contribution in [2.45, 2.75) is 20.0 Å². The van der Waals surface area contributed by atoms with Crippen molar-refractivity contribution in [1.29, 1.82) is 0 Å². The molecule has 0 saturated carbocycles. The molecular weight excluding hydrogens is 262 g/mol. The summed E-state index contributed by atoms with van der Waals surface area (Å²) in [5, 5.41) is 4.32. The predicted octanol–water partition coefficient (Wildman–Crippen LogP) is 2.39. The quantitative estimate of drug-likeness (QED) is 0.915. The maximum absolute atomic E-state index is 5.80. The van der Waals surface area contributed by atoms with E-state index in [4.69, 9.17) is 10.5 Å². The smallest absolute Gasteiger partial charge is 0.0658 e. The predicted molar refractivity (Wildman–Crippen MR) is 79.4 cm³/mol. The summed E-state index contributed by atoms with van der Waals surface area (Å²) in [6, 6.07) is 6.33. The van der Waals surface area contributed by atoms with Crippen molar-refractivity contribution in [2.75, 3.05) is 13.7 Å². The van der Waals surface area contributed by atoms with Gasteiger partial charge >= 0.3 is 0 Å². The van der Waals surface area contributed by atoms with Crippen LogP contribution in [0.4, 0.5) is 0 Å². The minimum atomic E-state index is 0. The molecule has 0 saturated heterocycles. The van der Waals surface area contributed by atoms with Gasteiger partial charge in [-0.05, 0) is 18.1 Å². The summed E-state index contributed by atoms with van der Waals surface area (Å²) in [6.07, 6.45) is 3.91. The molecule has 2 aromatic rings. The van der Waals surface area contributed by atoms with E-state index in [9.17, 15) is 0 Å². The summed E-state index contributed by atoms with van der Waals surface area (Å²) in [4.78, 5) is 0.